The summed E-state index contributed by atoms with van der Waals surface area (Å²) in [7, 11) is 0. The van der Waals surface area contributed by atoms with Crippen LogP contribution in [0.2, 0.25) is 0 Å². The molecule has 1 saturated heterocycles. The van der Waals surface area contributed by atoms with Crippen LogP contribution in [0.4, 0.5) is 4.79 Å². The van der Waals surface area contributed by atoms with E-state index in [-0.39, 0.29) is 49.7 Å². The van der Waals surface area contributed by atoms with E-state index in [1.807, 2.05) is 34.6 Å². The van der Waals surface area contributed by atoms with Crippen LogP contribution in [-0.2, 0) is 19.2 Å². The maximum absolute atomic E-state index is 14.5. The van der Waals surface area contributed by atoms with Crippen molar-refractivity contribution in [3.63, 3.8) is 0 Å². The van der Waals surface area contributed by atoms with Gasteiger partial charge in [-0.25, -0.2) is 4.79 Å². The van der Waals surface area contributed by atoms with Crippen molar-refractivity contribution in [3.8, 4) is 12.3 Å². The highest BCUT2D eigenvalue weighted by Gasteiger charge is 2.70. The third-order valence-electron chi connectivity index (χ3n) is 11.5. The van der Waals surface area contributed by atoms with Crippen LogP contribution in [0.3, 0.4) is 0 Å². The lowest BCUT2D eigenvalue weighted by molar-refractivity contribution is -0.145. The normalized spacial score (nSPS) is 23.4. The number of imide groups is 1. The molecule has 5 rings (SSSR count). The minimum absolute atomic E-state index is 0.00111. The summed E-state index contributed by atoms with van der Waals surface area (Å²) in [5.41, 5.74) is -1.29. The molecule has 0 aromatic heterocycles. The van der Waals surface area contributed by atoms with Gasteiger partial charge in [0.15, 0.2) is 0 Å². The van der Waals surface area contributed by atoms with Crippen LogP contribution in [0.1, 0.15) is 100 Å². The fourth-order valence-corrected chi connectivity index (χ4v) is 8.44. The number of nitrogens with zero attached hydrogens (tertiary/aromatic N) is 2. The van der Waals surface area contributed by atoms with Crippen molar-refractivity contribution in [2.45, 2.75) is 103 Å². The van der Waals surface area contributed by atoms with Gasteiger partial charge in [0.05, 0.1) is 29.3 Å². The Morgan fingerprint density at radius 2 is 1.64 bits per heavy atom. The molecular weight excluding hydrogens is 676 g/mol. The zero-order chi connectivity index (χ0) is 38.9. The maximum Gasteiger partial charge on any atom is 0.315 e. The number of urea groups is 1. The van der Waals surface area contributed by atoms with Gasteiger partial charge in [-0.2, -0.15) is 0 Å². The van der Waals surface area contributed by atoms with E-state index in [0.717, 1.165) is 19.3 Å². The molecule has 0 spiro atoms. The molecule has 284 valence electrons. The van der Waals surface area contributed by atoms with Crippen LogP contribution < -0.4 is 21.3 Å². The fraction of sp³-hybridized carbons (Fsp3) is 0.575. The molecule has 2 aliphatic carbocycles. The highest BCUT2D eigenvalue weighted by atomic mass is 16.2. The number of benzene rings is 1. The second kappa shape index (κ2) is 15.2. The summed E-state index contributed by atoms with van der Waals surface area (Å²) in [4.78, 5) is 97.5. The predicted octanol–water partition coefficient (Wildman–Crippen LogP) is 2.95. The van der Waals surface area contributed by atoms with Crippen LogP contribution in [0.25, 0.3) is 0 Å². The van der Waals surface area contributed by atoms with Gasteiger partial charge in [-0.15, -0.1) is 18.9 Å². The molecule has 7 amide bonds. The van der Waals surface area contributed by atoms with Crippen LogP contribution in [0.5, 0.6) is 0 Å². The van der Waals surface area contributed by atoms with Gasteiger partial charge in [0.1, 0.15) is 12.1 Å². The fourth-order valence-electron chi connectivity index (χ4n) is 8.44. The van der Waals surface area contributed by atoms with Crippen molar-refractivity contribution in [1.82, 2.24) is 31.1 Å². The second-order valence-electron chi connectivity index (χ2n) is 16.5. The number of ketones is 1. The minimum Gasteiger partial charge on any atom is -0.346 e. The Morgan fingerprint density at radius 3 is 2.21 bits per heavy atom. The van der Waals surface area contributed by atoms with Crippen molar-refractivity contribution in [2.24, 2.45) is 22.7 Å². The highest BCUT2D eigenvalue weighted by Crippen LogP contribution is 2.65. The summed E-state index contributed by atoms with van der Waals surface area (Å²) >= 11 is 0. The smallest absolute Gasteiger partial charge is 0.315 e. The van der Waals surface area contributed by atoms with Crippen LogP contribution in [0, 0.1) is 35.0 Å². The van der Waals surface area contributed by atoms with Gasteiger partial charge >= 0.3 is 6.03 Å². The van der Waals surface area contributed by atoms with Gasteiger partial charge in [0.2, 0.25) is 17.6 Å². The third kappa shape index (κ3) is 7.87. The molecule has 2 aliphatic heterocycles. The van der Waals surface area contributed by atoms with Gasteiger partial charge in [-0.1, -0.05) is 72.1 Å². The summed E-state index contributed by atoms with van der Waals surface area (Å²) in [5.74, 6) is -1.29. The molecule has 4 aliphatic rings. The van der Waals surface area contributed by atoms with Gasteiger partial charge in [-0.05, 0) is 54.1 Å². The minimum atomic E-state index is -1.20. The van der Waals surface area contributed by atoms with Crippen molar-refractivity contribution in [1.29, 1.82) is 0 Å². The van der Waals surface area contributed by atoms with Crippen molar-refractivity contribution in [2.75, 3.05) is 19.6 Å². The van der Waals surface area contributed by atoms with E-state index in [1.165, 1.54) is 15.9 Å². The SMILES string of the molecule is C#CCCC(NC(=O)[C@@H]1[C@@H]2[C@H](CN1C(=O)[C@@H](NC(=O)NC1(CN3C(=O)c4ccccc4C3=O)CCCCC1)C(C)(C)C)C2(C)C)C(=O)C(=O)NCC=C. The molecule has 4 N–H and O–H groups in total. The largest absolute Gasteiger partial charge is 0.346 e. The van der Waals surface area contributed by atoms with Crippen LogP contribution in [0.15, 0.2) is 36.9 Å². The van der Waals surface area contributed by atoms with E-state index in [0.29, 0.717) is 24.0 Å². The number of amides is 7. The van der Waals surface area contributed by atoms with Crippen molar-refractivity contribution < 1.29 is 33.6 Å². The van der Waals surface area contributed by atoms with E-state index < -0.39 is 70.4 Å². The monoisotopic (exact) mass is 728 g/mol. The van der Waals surface area contributed by atoms with Gasteiger partial charge in [-0.3, -0.25) is 33.7 Å². The third-order valence-corrected chi connectivity index (χ3v) is 11.5. The molecule has 1 unspecified atom stereocenters. The Hall–Kier alpha value is -4.99. The molecular formula is C40H52N6O7. The first-order chi connectivity index (χ1) is 25.0. The summed E-state index contributed by atoms with van der Waals surface area (Å²) in [5, 5.41) is 11.2. The first-order valence-electron chi connectivity index (χ1n) is 18.5. The maximum atomic E-state index is 14.5. The summed E-state index contributed by atoms with van der Waals surface area (Å²) in [6.07, 6.45) is 10.7. The van der Waals surface area contributed by atoms with Gasteiger partial charge in [0.25, 0.3) is 17.7 Å². The molecule has 13 nitrogen and oxygen atoms in total. The molecule has 1 aromatic carbocycles. The predicted molar refractivity (Wildman–Crippen MR) is 197 cm³/mol. The number of likely N-dealkylation sites (tertiary alicyclic amines) is 1. The van der Waals surface area contributed by atoms with E-state index in [9.17, 15) is 33.6 Å². The topological polar surface area (TPSA) is 174 Å². The van der Waals surface area contributed by atoms with E-state index in [2.05, 4.69) is 33.8 Å². The molecule has 3 fully saturated rings. The quantitative estimate of drug-likeness (QED) is 0.105. The summed E-state index contributed by atoms with van der Waals surface area (Å²) in [6.45, 7) is 13.4. The van der Waals surface area contributed by atoms with E-state index in [1.54, 1.807) is 24.3 Å². The number of terminal acetylenes is 1. The number of hydrogen-bond donors (Lipinski definition) is 4. The van der Waals surface area contributed by atoms with Crippen molar-refractivity contribution >= 4 is 41.4 Å². The standard InChI is InChI=1S/C40H52N6O7/c1-8-10-18-27(30(47)33(49)41-21-9-2)42-32(48)29-28-26(39(28,6)7)22-45(29)36(52)31(38(3,4)5)43-37(53)44-40(19-14-11-15-20-40)23-46-34(50)24-16-12-13-17-25(24)35(46)51/h1,9,12-13,16-17,26-29,31H,2,10-11,14-15,18-23H2,3-7H3,(H,41,49)(H,42,48)(H2,43,44,53)/t26-,27?,28-,29-,31+/m0/s1. The summed E-state index contributed by atoms with van der Waals surface area (Å²) in [6, 6.07) is 2.83. The summed E-state index contributed by atoms with van der Waals surface area (Å²) < 4.78 is 0. The Morgan fingerprint density at radius 1 is 1.02 bits per heavy atom. The number of nitrogens with one attached hydrogen (secondary N) is 4. The molecule has 2 saturated carbocycles. The Balaban J connectivity index is 1.34. The number of rotatable bonds is 13. The van der Waals surface area contributed by atoms with E-state index in [4.69, 9.17) is 6.42 Å². The van der Waals surface area contributed by atoms with Crippen LogP contribution >= 0.6 is 0 Å². The number of carbonyl (C=O) groups is 7. The number of piperidine rings is 1. The molecule has 0 bridgehead atoms. The number of carbonyl (C=O) groups excluding carboxylic acids is 7. The number of fused-ring (bicyclic) bond motifs is 2. The molecule has 5 atom stereocenters. The average molecular weight is 729 g/mol. The molecule has 1 aromatic rings. The van der Waals surface area contributed by atoms with Gasteiger partial charge in [0, 0.05) is 19.5 Å². The lowest BCUT2D eigenvalue weighted by Crippen LogP contribution is -2.64. The van der Waals surface area contributed by atoms with Crippen molar-refractivity contribution in [3.05, 3.63) is 48.0 Å². The van der Waals surface area contributed by atoms with E-state index >= 15 is 0 Å². The second-order valence-corrected chi connectivity index (χ2v) is 16.5. The lowest BCUT2D eigenvalue weighted by atomic mass is 9.81. The molecule has 0 radical (unpaired) electrons. The zero-order valence-corrected chi connectivity index (χ0v) is 31.4. The number of hydrogen-bond acceptors (Lipinski definition) is 7. The first kappa shape index (κ1) is 39.2. The Bertz CT molecular complexity index is 1700. The highest BCUT2D eigenvalue weighted by molar-refractivity contribution is 6.38. The van der Waals surface area contributed by atoms with Gasteiger partial charge < -0.3 is 26.2 Å². The Labute approximate surface area is 311 Å². The van der Waals surface area contributed by atoms with Crippen LogP contribution in [-0.4, -0.2) is 94.4 Å². The first-order valence-corrected chi connectivity index (χ1v) is 18.5. The zero-order valence-electron chi connectivity index (χ0n) is 31.4. The molecule has 13 heteroatoms. The molecule has 2 heterocycles. The average Bonchev–Trinajstić information content (AvgIpc) is 3.36. The lowest BCUT2D eigenvalue weighted by Gasteiger charge is -2.42. The molecule has 53 heavy (non-hydrogen) atoms. The number of Topliss-reactive ketones (excluding diaryl/α,β-unsaturated/α-hetero) is 1. The Kier molecular flexibility index (Phi) is 11.2.